The zero-order valence-electron chi connectivity index (χ0n) is 21.4. The molecule has 0 aliphatic heterocycles. The SMILES string of the molecule is C=C1[C@H](O)CC(=C/C=C2\CCC[C@]3(C)[C@@H]([C@H](C)CCCC(=O)c4ccc(O)cc4)CC[C@@H]23)C[C@H]1O. The Kier molecular flexibility index (Phi) is 8.02. The first kappa shape index (κ1) is 25.9. The zero-order valence-corrected chi connectivity index (χ0v) is 21.4. The van der Waals surface area contributed by atoms with E-state index in [2.05, 4.69) is 32.6 Å². The maximum Gasteiger partial charge on any atom is 0.162 e. The summed E-state index contributed by atoms with van der Waals surface area (Å²) in [6.45, 7) is 8.68. The van der Waals surface area contributed by atoms with Crippen LogP contribution in [-0.4, -0.2) is 33.3 Å². The monoisotopic (exact) mass is 478 g/mol. The van der Waals surface area contributed by atoms with Crippen molar-refractivity contribution in [1.29, 1.82) is 0 Å². The summed E-state index contributed by atoms with van der Waals surface area (Å²) in [6.07, 6.45) is 13.0. The maximum absolute atomic E-state index is 12.5. The molecule has 3 N–H and O–H groups in total. The van der Waals surface area contributed by atoms with Crippen molar-refractivity contribution >= 4 is 5.78 Å². The van der Waals surface area contributed by atoms with Crippen molar-refractivity contribution in [2.24, 2.45) is 23.2 Å². The Hall–Kier alpha value is -2.17. The quantitative estimate of drug-likeness (QED) is 0.308. The molecule has 190 valence electrons. The third-order valence-corrected chi connectivity index (χ3v) is 9.28. The van der Waals surface area contributed by atoms with Gasteiger partial charge in [-0.1, -0.05) is 43.7 Å². The lowest BCUT2D eigenvalue weighted by molar-refractivity contribution is 0.0899. The van der Waals surface area contributed by atoms with Crippen molar-refractivity contribution in [3.63, 3.8) is 0 Å². The number of allylic oxidation sites excluding steroid dienone is 3. The summed E-state index contributed by atoms with van der Waals surface area (Å²) in [6, 6.07) is 6.57. The lowest BCUT2D eigenvalue weighted by atomic mass is 9.60. The fourth-order valence-electron chi connectivity index (χ4n) is 7.22. The summed E-state index contributed by atoms with van der Waals surface area (Å²) < 4.78 is 0. The van der Waals surface area contributed by atoms with E-state index in [0.29, 0.717) is 53.6 Å². The van der Waals surface area contributed by atoms with Crippen LogP contribution >= 0.6 is 0 Å². The van der Waals surface area contributed by atoms with Crippen LogP contribution in [-0.2, 0) is 0 Å². The number of benzene rings is 1. The van der Waals surface area contributed by atoms with Crippen molar-refractivity contribution in [3.05, 3.63) is 65.3 Å². The number of ketones is 1. The first-order chi connectivity index (χ1) is 16.7. The predicted molar refractivity (Wildman–Crippen MR) is 140 cm³/mol. The first-order valence-corrected chi connectivity index (χ1v) is 13.4. The van der Waals surface area contributed by atoms with Gasteiger partial charge in [0, 0.05) is 12.0 Å². The van der Waals surface area contributed by atoms with Crippen LogP contribution in [0, 0.1) is 23.2 Å². The van der Waals surface area contributed by atoms with E-state index in [1.807, 2.05) is 0 Å². The predicted octanol–water partition coefficient (Wildman–Crippen LogP) is 6.52. The summed E-state index contributed by atoms with van der Waals surface area (Å²) in [5.41, 5.74) is 4.18. The molecule has 4 heteroatoms. The first-order valence-electron chi connectivity index (χ1n) is 13.4. The number of phenolic OH excluding ortho intramolecular Hbond substituents is 1. The Bertz CT molecular complexity index is 972. The largest absolute Gasteiger partial charge is 0.508 e. The number of hydrogen-bond acceptors (Lipinski definition) is 4. The molecular weight excluding hydrogens is 436 g/mol. The highest BCUT2D eigenvalue weighted by Crippen LogP contribution is 2.59. The Labute approximate surface area is 210 Å². The molecule has 0 amide bonds. The third-order valence-electron chi connectivity index (χ3n) is 9.28. The molecule has 4 rings (SSSR count). The summed E-state index contributed by atoms with van der Waals surface area (Å²) in [4.78, 5) is 12.5. The summed E-state index contributed by atoms with van der Waals surface area (Å²) in [7, 11) is 0. The van der Waals surface area contributed by atoms with Crippen LogP contribution < -0.4 is 0 Å². The number of hydrogen-bond donors (Lipinski definition) is 3. The molecule has 3 saturated carbocycles. The van der Waals surface area contributed by atoms with E-state index in [9.17, 15) is 20.1 Å². The van der Waals surface area contributed by atoms with Gasteiger partial charge in [-0.15, -0.1) is 0 Å². The van der Waals surface area contributed by atoms with E-state index in [4.69, 9.17) is 0 Å². The van der Waals surface area contributed by atoms with Gasteiger partial charge in [0.05, 0.1) is 12.2 Å². The molecular formula is C31H42O4. The van der Waals surface area contributed by atoms with Crippen molar-refractivity contribution in [3.8, 4) is 5.75 Å². The van der Waals surface area contributed by atoms with Gasteiger partial charge in [-0.05, 0) is 111 Å². The van der Waals surface area contributed by atoms with Crippen molar-refractivity contribution in [2.75, 3.05) is 0 Å². The van der Waals surface area contributed by atoms with Gasteiger partial charge >= 0.3 is 0 Å². The van der Waals surface area contributed by atoms with Gasteiger partial charge in [-0.3, -0.25) is 4.79 Å². The molecule has 0 radical (unpaired) electrons. The van der Waals surface area contributed by atoms with E-state index in [0.717, 1.165) is 24.8 Å². The van der Waals surface area contributed by atoms with Crippen LogP contribution in [0.25, 0.3) is 0 Å². The summed E-state index contributed by atoms with van der Waals surface area (Å²) in [5, 5.41) is 29.8. The van der Waals surface area contributed by atoms with Crippen LogP contribution in [0.4, 0.5) is 0 Å². The van der Waals surface area contributed by atoms with E-state index >= 15 is 0 Å². The van der Waals surface area contributed by atoms with Crippen LogP contribution in [0.15, 0.2) is 59.7 Å². The van der Waals surface area contributed by atoms with Gasteiger partial charge in [0.25, 0.3) is 0 Å². The van der Waals surface area contributed by atoms with E-state index in [1.165, 1.54) is 31.3 Å². The lowest BCUT2D eigenvalue weighted by Gasteiger charge is -2.44. The molecule has 0 unspecified atom stereocenters. The molecule has 0 heterocycles. The standard InChI is InChI=1S/C31H42O4/c1-20(6-4-8-28(33)24-11-13-25(32)14-12-24)26-15-16-27-23(7-5-17-31(26,27)3)10-9-22-18-29(34)21(2)30(35)19-22/h9-14,20,26-27,29-30,32,34-35H,2,4-8,15-19H2,1,3H3/b23-10+/t20-,26-,27+,29-,30-,31-/m1/s1. The van der Waals surface area contributed by atoms with Gasteiger partial charge in [0.2, 0.25) is 0 Å². The average molecular weight is 479 g/mol. The van der Waals surface area contributed by atoms with Crippen molar-refractivity contribution in [2.45, 2.75) is 90.3 Å². The molecule has 3 aliphatic rings. The molecule has 0 saturated heterocycles. The van der Waals surface area contributed by atoms with Gasteiger partial charge in [-0.25, -0.2) is 0 Å². The second-order valence-corrected chi connectivity index (χ2v) is 11.5. The highest BCUT2D eigenvalue weighted by Gasteiger charge is 2.50. The van der Waals surface area contributed by atoms with Gasteiger partial charge in [-0.2, -0.15) is 0 Å². The van der Waals surface area contributed by atoms with Crippen LogP contribution in [0.5, 0.6) is 5.75 Å². The molecule has 3 fully saturated rings. The zero-order chi connectivity index (χ0) is 25.2. The minimum Gasteiger partial charge on any atom is -0.508 e. The van der Waals surface area contributed by atoms with E-state index in [1.54, 1.807) is 24.3 Å². The Morgan fingerprint density at radius 1 is 1.14 bits per heavy atom. The number of aliphatic hydroxyl groups excluding tert-OH is 2. The van der Waals surface area contributed by atoms with Gasteiger partial charge < -0.3 is 15.3 Å². The smallest absolute Gasteiger partial charge is 0.162 e. The fraction of sp³-hybridized carbons (Fsp3) is 0.581. The molecule has 6 atom stereocenters. The van der Waals surface area contributed by atoms with Crippen molar-refractivity contribution < 1.29 is 20.1 Å². The van der Waals surface area contributed by atoms with E-state index in [-0.39, 0.29) is 11.5 Å². The van der Waals surface area contributed by atoms with Crippen LogP contribution in [0.2, 0.25) is 0 Å². The molecule has 1 aromatic carbocycles. The minimum atomic E-state index is -0.641. The summed E-state index contributed by atoms with van der Waals surface area (Å²) in [5.74, 6) is 2.22. The maximum atomic E-state index is 12.5. The Balaban J connectivity index is 1.36. The average Bonchev–Trinajstić information content (AvgIpc) is 3.19. The molecule has 0 bridgehead atoms. The number of carbonyl (C=O) groups excluding carboxylic acids is 1. The number of aliphatic hydroxyl groups is 2. The highest BCUT2D eigenvalue weighted by atomic mass is 16.3. The van der Waals surface area contributed by atoms with Gasteiger partial charge in [0.1, 0.15) is 5.75 Å². The third kappa shape index (κ3) is 5.65. The number of phenols is 1. The Morgan fingerprint density at radius 3 is 2.51 bits per heavy atom. The van der Waals surface area contributed by atoms with Crippen molar-refractivity contribution in [1.82, 2.24) is 0 Å². The summed E-state index contributed by atoms with van der Waals surface area (Å²) >= 11 is 0. The molecule has 4 nitrogen and oxygen atoms in total. The van der Waals surface area contributed by atoms with Gasteiger partial charge in [0.15, 0.2) is 5.78 Å². The van der Waals surface area contributed by atoms with Crippen LogP contribution in [0.3, 0.4) is 0 Å². The number of fused-ring (bicyclic) bond motifs is 1. The molecule has 3 aliphatic carbocycles. The molecule has 1 aromatic rings. The minimum absolute atomic E-state index is 0.158. The normalized spacial score (nSPS) is 33.0. The van der Waals surface area contributed by atoms with Crippen LogP contribution in [0.1, 0.15) is 88.4 Å². The Morgan fingerprint density at radius 2 is 1.83 bits per heavy atom. The van der Waals surface area contributed by atoms with E-state index < -0.39 is 12.2 Å². The number of Topliss-reactive ketones (excluding diaryl/α,β-unsaturated/α-hetero) is 1. The molecule has 0 spiro atoms. The second kappa shape index (κ2) is 10.8. The molecule has 0 aromatic heterocycles. The fourth-order valence-corrected chi connectivity index (χ4v) is 7.22. The number of aromatic hydroxyl groups is 1. The lowest BCUT2D eigenvalue weighted by Crippen LogP contribution is -2.36. The number of rotatable bonds is 7. The second-order valence-electron chi connectivity index (χ2n) is 11.5. The topological polar surface area (TPSA) is 77.8 Å². The number of carbonyl (C=O) groups is 1. The molecule has 35 heavy (non-hydrogen) atoms. The highest BCUT2D eigenvalue weighted by molar-refractivity contribution is 5.96.